The van der Waals surface area contributed by atoms with Crippen molar-refractivity contribution < 1.29 is 14.6 Å². The summed E-state index contributed by atoms with van der Waals surface area (Å²) in [6, 6.07) is 13.2. The summed E-state index contributed by atoms with van der Waals surface area (Å²) >= 11 is 0. The molecule has 1 aromatic heterocycles. The van der Waals surface area contributed by atoms with Gasteiger partial charge in [0.1, 0.15) is 23.5 Å². The van der Waals surface area contributed by atoms with Crippen LogP contribution in [0.3, 0.4) is 0 Å². The standard InChI is InChI=1S/C24H27N3O3/c1-14-25-20-19(26(14)3)12-11-18-22(20)27(15(2)28)21(17-7-5-4-6-8-17)23(29)24(18)30-13-16-9-10-16/h4-8,11-12,16,21,23-24,29H,9-10,13H2,1-3H3/t21-,23-,24-/m1/s1. The maximum Gasteiger partial charge on any atom is 0.224 e. The zero-order chi connectivity index (χ0) is 21.0. The van der Waals surface area contributed by atoms with Crippen LogP contribution in [-0.4, -0.2) is 33.3 Å². The Labute approximate surface area is 176 Å². The summed E-state index contributed by atoms with van der Waals surface area (Å²) in [7, 11) is 1.97. The van der Waals surface area contributed by atoms with Crippen LogP contribution in [0.1, 0.15) is 48.9 Å². The van der Waals surface area contributed by atoms with Crippen molar-refractivity contribution in [1.29, 1.82) is 0 Å². The fraction of sp³-hybridized carbons (Fsp3) is 0.417. The number of anilines is 1. The molecule has 0 unspecified atom stereocenters. The van der Waals surface area contributed by atoms with E-state index in [4.69, 9.17) is 9.72 Å². The number of rotatable bonds is 4. The van der Waals surface area contributed by atoms with E-state index in [0.29, 0.717) is 12.5 Å². The Morgan fingerprint density at radius 2 is 1.93 bits per heavy atom. The number of aliphatic hydroxyl groups excluding tert-OH is 1. The van der Waals surface area contributed by atoms with E-state index >= 15 is 0 Å². The van der Waals surface area contributed by atoms with Crippen LogP contribution in [0.2, 0.25) is 0 Å². The van der Waals surface area contributed by atoms with Crippen molar-refractivity contribution in [2.24, 2.45) is 13.0 Å². The first-order valence-electron chi connectivity index (χ1n) is 10.6. The van der Waals surface area contributed by atoms with E-state index in [1.165, 1.54) is 12.8 Å². The number of aromatic nitrogens is 2. The van der Waals surface area contributed by atoms with Gasteiger partial charge in [-0.25, -0.2) is 4.98 Å². The zero-order valence-electron chi connectivity index (χ0n) is 17.6. The molecule has 1 N–H and O–H groups in total. The number of hydrogen-bond acceptors (Lipinski definition) is 4. The summed E-state index contributed by atoms with van der Waals surface area (Å²) in [6.07, 6.45) is 0.976. The van der Waals surface area contributed by atoms with Crippen molar-refractivity contribution in [3.05, 3.63) is 59.4 Å². The SMILES string of the molecule is CC(=O)N1c2c(ccc3c2nc(C)n3C)[C@@H](OCC2CC2)[C@H](O)[C@H]1c1ccccc1. The number of aryl methyl sites for hydroxylation is 2. The molecule has 1 aliphatic carbocycles. The van der Waals surface area contributed by atoms with Gasteiger partial charge >= 0.3 is 0 Å². The summed E-state index contributed by atoms with van der Waals surface area (Å²) in [5, 5.41) is 11.5. The van der Waals surface area contributed by atoms with Crippen molar-refractivity contribution in [2.45, 2.75) is 44.9 Å². The van der Waals surface area contributed by atoms with Crippen LogP contribution < -0.4 is 4.90 Å². The lowest BCUT2D eigenvalue weighted by Crippen LogP contribution is -2.47. The molecule has 2 heterocycles. The average Bonchev–Trinajstić information content (AvgIpc) is 3.52. The molecule has 6 nitrogen and oxygen atoms in total. The fourth-order valence-electron chi connectivity index (χ4n) is 4.56. The molecule has 3 atom stereocenters. The number of aliphatic hydroxyl groups is 1. The molecule has 1 amide bonds. The lowest BCUT2D eigenvalue weighted by atomic mass is 9.86. The zero-order valence-corrected chi connectivity index (χ0v) is 17.6. The number of amides is 1. The normalized spacial score (nSPS) is 23.6. The lowest BCUT2D eigenvalue weighted by molar-refractivity contribution is -0.119. The highest BCUT2D eigenvalue weighted by atomic mass is 16.5. The van der Waals surface area contributed by atoms with E-state index < -0.39 is 18.2 Å². The van der Waals surface area contributed by atoms with Gasteiger partial charge in [0.2, 0.25) is 5.91 Å². The van der Waals surface area contributed by atoms with Gasteiger partial charge in [-0.2, -0.15) is 0 Å². The Hall–Kier alpha value is -2.70. The van der Waals surface area contributed by atoms with E-state index in [9.17, 15) is 9.90 Å². The van der Waals surface area contributed by atoms with Crippen LogP contribution >= 0.6 is 0 Å². The number of ether oxygens (including phenoxy) is 1. The molecule has 1 fully saturated rings. The minimum absolute atomic E-state index is 0.124. The Morgan fingerprint density at radius 3 is 2.60 bits per heavy atom. The Bertz CT molecular complexity index is 1100. The van der Waals surface area contributed by atoms with Crippen LogP contribution in [0, 0.1) is 12.8 Å². The van der Waals surface area contributed by atoms with Gasteiger partial charge in [0.15, 0.2) is 0 Å². The van der Waals surface area contributed by atoms with Crippen molar-refractivity contribution in [2.75, 3.05) is 11.5 Å². The Morgan fingerprint density at radius 1 is 1.20 bits per heavy atom. The monoisotopic (exact) mass is 405 g/mol. The van der Waals surface area contributed by atoms with E-state index in [-0.39, 0.29) is 5.91 Å². The molecule has 2 aromatic carbocycles. The van der Waals surface area contributed by atoms with Crippen molar-refractivity contribution in [3.63, 3.8) is 0 Å². The molecule has 156 valence electrons. The first kappa shape index (κ1) is 19.3. The highest BCUT2D eigenvalue weighted by Gasteiger charge is 2.45. The third kappa shape index (κ3) is 3.02. The fourth-order valence-corrected chi connectivity index (χ4v) is 4.56. The van der Waals surface area contributed by atoms with Crippen molar-refractivity contribution in [3.8, 4) is 0 Å². The third-order valence-corrected chi connectivity index (χ3v) is 6.43. The Kier molecular flexibility index (Phi) is 4.64. The molecule has 0 spiro atoms. The summed E-state index contributed by atoms with van der Waals surface area (Å²) < 4.78 is 8.31. The number of fused-ring (bicyclic) bond motifs is 3. The predicted molar refractivity (Wildman–Crippen MR) is 115 cm³/mol. The molecule has 0 bridgehead atoms. The van der Waals surface area contributed by atoms with E-state index in [2.05, 4.69) is 0 Å². The van der Waals surface area contributed by atoms with E-state index in [1.54, 1.807) is 11.8 Å². The molecule has 0 radical (unpaired) electrons. The predicted octanol–water partition coefficient (Wildman–Crippen LogP) is 3.82. The van der Waals surface area contributed by atoms with Crippen LogP contribution in [0.25, 0.3) is 11.0 Å². The minimum Gasteiger partial charge on any atom is -0.388 e. The largest absolute Gasteiger partial charge is 0.388 e. The highest BCUT2D eigenvalue weighted by molar-refractivity contribution is 6.03. The van der Waals surface area contributed by atoms with Gasteiger partial charge in [0.25, 0.3) is 0 Å². The number of hydrogen-bond donors (Lipinski definition) is 1. The molecule has 6 heteroatoms. The lowest BCUT2D eigenvalue weighted by Gasteiger charge is -2.44. The second kappa shape index (κ2) is 7.22. The maximum atomic E-state index is 12.9. The third-order valence-electron chi connectivity index (χ3n) is 6.43. The minimum atomic E-state index is -0.871. The van der Waals surface area contributed by atoms with Gasteiger partial charge in [-0.3, -0.25) is 9.69 Å². The second-order valence-electron chi connectivity index (χ2n) is 8.52. The van der Waals surface area contributed by atoms with Gasteiger partial charge in [-0.15, -0.1) is 0 Å². The summed E-state index contributed by atoms with van der Waals surface area (Å²) in [6.45, 7) is 4.13. The van der Waals surface area contributed by atoms with Gasteiger partial charge in [-0.05, 0) is 37.3 Å². The molecule has 0 saturated heterocycles. The van der Waals surface area contributed by atoms with Gasteiger partial charge in [0.05, 0.1) is 23.9 Å². The number of carbonyl (C=O) groups is 1. The first-order valence-corrected chi connectivity index (χ1v) is 10.6. The van der Waals surface area contributed by atoms with Crippen LogP contribution in [0.15, 0.2) is 42.5 Å². The van der Waals surface area contributed by atoms with E-state index in [1.807, 2.05) is 61.0 Å². The van der Waals surface area contributed by atoms with E-state index in [0.717, 1.165) is 33.7 Å². The van der Waals surface area contributed by atoms with Crippen LogP contribution in [0.4, 0.5) is 5.69 Å². The second-order valence-corrected chi connectivity index (χ2v) is 8.52. The van der Waals surface area contributed by atoms with Crippen molar-refractivity contribution >= 4 is 22.6 Å². The number of nitrogens with zero attached hydrogens (tertiary/aromatic N) is 3. The molecule has 2 aliphatic rings. The molecule has 30 heavy (non-hydrogen) atoms. The Balaban J connectivity index is 1.74. The molecule has 5 rings (SSSR count). The maximum absolute atomic E-state index is 12.9. The number of imidazole rings is 1. The summed E-state index contributed by atoms with van der Waals surface area (Å²) in [4.78, 5) is 19.4. The molecule has 1 saturated carbocycles. The highest BCUT2D eigenvalue weighted by Crippen LogP contribution is 2.49. The quantitative estimate of drug-likeness (QED) is 0.717. The van der Waals surface area contributed by atoms with Crippen LogP contribution in [-0.2, 0) is 16.6 Å². The molecular weight excluding hydrogens is 378 g/mol. The number of carbonyl (C=O) groups excluding carboxylic acids is 1. The van der Waals surface area contributed by atoms with Crippen molar-refractivity contribution in [1.82, 2.24) is 9.55 Å². The topological polar surface area (TPSA) is 67.6 Å². The smallest absolute Gasteiger partial charge is 0.224 e. The van der Waals surface area contributed by atoms with Gasteiger partial charge < -0.3 is 14.4 Å². The van der Waals surface area contributed by atoms with Gasteiger partial charge in [-0.1, -0.05) is 36.4 Å². The first-order chi connectivity index (χ1) is 14.5. The average molecular weight is 405 g/mol. The molecular formula is C24H27N3O3. The summed E-state index contributed by atoms with van der Waals surface area (Å²) in [5.41, 5.74) is 4.20. The summed E-state index contributed by atoms with van der Waals surface area (Å²) in [5.74, 6) is 1.32. The molecule has 3 aromatic rings. The molecule has 1 aliphatic heterocycles. The van der Waals surface area contributed by atoms with Crippen LogP contribution in [0.5, 0.6) is 0 Å². The number of benzene rings is 2. The van der Waals surface area contributed by atoms with Gasteiger partial charge in [0, 0.05) is 19.5 Å².